The van der Waals surface area contributed by atoms with Gasteiger partial charge in [0.15, 0.2) is 5.78 Å². The number of carbonyl (C=O) groups is 1. The average molecular weight is 211 g/mol. The molecule has 0 saturated heterocycles. The summed E-state index contributed by atoms with van der Waals surface area (Å²) >= 11 is 0. The third-order valence-electron chi connectivity index (χ3n) is 2.00. The van der Waals surface area contributed by atoms with E-state index in [1.54, 1.807) is 13.0 Å². The van der Waals surface area contributed by atoms with Crippen LogP contribution in [0.5, 0.6) is 0 Å². The Morgan fingerprint density at radius 3 is 2.93 bits per heavy atom. The van der Waals surface area contributed by atoms with Crippen molar-refractivity contribution in [2.45, 2.75) is 6.92 Å². The molecule has 0 saturated carbocycles. The van der Waals surface area contributed by atoms with Gasteiger partial charge in [-0.05, 0) is 24.6 Å². The van der Waals surface area contributed by atoms with Crippen LogP contribution in [-0.2, 0) is 4.74 Å². The molecule has 0 aromatic heterocycles. The second-order valence-corrected chi connectivity index (χ2v) is 3.22. The molecular formula is C11H14FNO2. The first-order chi connectivity index (χ1) is 7.15. The Morgan fingerprint density at radius 2 is 2.27 bits per heavy atom. The summed E-state index contributed by atoms with van der Waals surface area (Å²) in [6.07, 6.45) is 0. The van der Waals surface area contributed by atoms with Crippen molar-refractivity contribution in [2.75, 3.05) is 19.8 Å². The number of ketones is 1. The predicted molar refractivity (Wildman–Crippen MR) is 55.3 cm³/mol. The third kappa shape index (κ3) is 3.42. The van der Waals surface area contributed by atoms with Crippen molar-refractivity contribution >= 4 is 5.78 Å². The topological polar surface area (TPSA) is 52.3 Å². The molecule has 0 atom stereocenters. The number of benzene rings is 1. The molecule has 0 amide bonds. The highest BCUT2D eigenvalue weighted by atomic mass is 19.1. The summed E-state index contributed by atoms with van der Waals surface area (Å²) in [5, 5.41) is 0. The summed E-state index contributed by atoms with van der Waals surface area (Å²) < 4.78 is 17.9. The lowest BCUT2D eigenvalue weighted by Crippen LogP contribution is -2.15. The monoisotopic (exact) mass is 211 g/mol. The van der Waals surface area contributed by atoms with Crippen LogP contribution in [0.1, 0.15) is 15.9 Å². The number of aryl methyl sites for hydroxylation is 1. The van der Waals surface area contributed by atoms with Crippen molar-refractivity contribution in [3.8, 4) is 0 Å². The number of rotatable bonds is 5. The molecule has 15 heavy (non-hydrogen) atoms. The van der Waals surface area contributed by atoms with Gasteiger partial charge in [0.25, 0.3) is 0 Å². The third-order valence-corrected chi connectivity index (χ3v) is 2.00. The molecule has 0 fully saturated rings. The highest BCUT2D eigenvalue weighted by molar-refractivity contribution is 5.98. The summed E-state index contributed by atoms with van der Waals surface area (Å²) in [7, 11) is 0. The standard InChI is InChI=1S/C11H14FNO2/c1-8-2-3-9(12)6-10(8)11(14)7-15-5-4-13/h2-3,6H,4-5,7,13H2,1H3. The first-order valence-corrected chi connectivity index (χ1v) is 4.72. The van der Waals surface area contributed by atoms with Crippen LogP contribution in [0, 0.1) is 12.7 Å². The first-order valence-electron chi connectivity index (χ1n) is 4.72. The quantitative estimate of drug-likeness (QED) is 0.590. The summed E-state index contributed by atoms with van der Waals surface area (Å²) in [6, 6.07) is 4.13. The van der Waals surface area contributed by atoms with Crippen molar-refractivity contribution in [1.29, 1.82) is 0 Å². The van der Waals surface area contributed by atoms with Crippen LogP contribution < -0.4 is 5.73 Å². The molecule has 0 unspecified atom stereocenters. The van der Waals surface area contributed by atoms with E-state index in [1.807, 2.05) is 0 Å². The number of nitrogens with two attached hydrogens (primary N) is 1. The van der Waals surface area contributed by atoms with Gasteiger partial charge in [0.05, 0.1) is 6.61 Å². The van der Waals surface area contributed by atoms with Gasteiger partial charge >= 0.3 is 0 Å². The van der Waals surface area contributed by atoms with E-state index in [-0.39, 0.29) is 12.4 Å². The molecule has 1 aromatic carbocycles. The molecule has 1 aromatic rings. The van der Waals surface area contributed by atoms with E-state index in [9.17, 15) is 9.18 Å². The lowest BCUT2D eigenvalue weighted by atomic mass is 10.1. The minimum Gasteiger partial charge on any atom is -0.372 e. The van der Waals surface area contributed by atoms with Gasteiger partial charge in [-0.15, -0.1) is 0 Å². The minimum absolute atomic E-state index is 0.0541. The highest BCUT2D eigenvalue weighted by Gasteiger charge is 2.09. The number of Topliss-reactive ketones (excluding diaryl/α,β-unsaturated/α-hetero) is 1. The summed E-state index contributed by atoms with van der Waals surface area (Å²) in [5.41, 5.74) is 6.33. The van der Waals surface area contributed by atoms with E-state index in [0.717, 1.165) is 5.56 Å². The minimum atomic E-state index is -0.414. The molecule has 0 aliphatic heterocycles. The van der Waals surface area contributed by atoms with E-state index >= 15 is 0 Å². The number of hydrogen-bond donors (Lipinski definition) is 1. The molecule has 1 rings (SSSR count). The van der Waals surface area contributed by atoms with Crippen LogP contribution in [-0.4, -0.2) is 25.5 Å². The number of carbonyl (C=O) groups excluding carboxylic acids is 1. The Hall–Kier alpha value is -1.26. The molecule has 0 heterocycles. The number of ether oxygens (including phenoxy) is 1. The summed E-state index contributed by atoms with van der Waals surface area (Å²) in [5.74, 6) is -0.636. The Balaban J connectivity index is 2.68. The van der Waals surface area contributed by atoms with Crippen LogP contribution in [0.4, 0.5) is 4.39 Å². The van der Waals surface area contributed by atoms with E-state index in [4.69, 9.17) is 10.5 Å². The Labute approximate surface area is 88.0 Å². The van der Waals surface area contributed by atoms with Crippen LogP contribution in [0.15, 0.2) is 18.2 Å². The molecule has 0 spiro atoms. The fourth-order valence-corrected chi connectivity index (χ4v) is 1.22. The molecular weight excluding hydrogens is 197 g/mol. The van der Waals surface area contributed by atoms with Crippen LogP contribution in [0.3, 0.4) is 0 Å². The Morgan fingerprint density at radius 1 is 1.53 bits per heavy atom. The first kappa shape index (κ1) is 11.8. The molecule has 0 bridgehead atoms. The summed E-state index contributed by atoms with van der Waals surface area (Å²) in [6.45, 7) is 2.41. The van der Waals surface area contributed by atoms with E-state index in [2.05, 4.69) is 0 Å². The zero-order valence-electron chi connectivity index (χ0n) is 8.63. The van der Waals surface area contributed by atoms with Crippen LogP contribution in [0.25, 0.3) is 0 Å². The molecule has 0 aliphatic rings. The van der Waals surface area contributed by atoms with Gasteiger partial charge in [-0.1, -0.05) is 6.07 Å². The molecule has 0 aliphatic carbocycles. The zero-order chi connectivity index (χ0) is 11.3. The van der Waals surface area contributed by atoms with Crippen molar-refractivity contribution in [1.82, 2.24) is 0 Å². The zero-order valence-corrected chi connectivity index (χ0v) is 8.63. The second-order valence-electron chi connectivity index (χ2n) is 3.22. The Kier molecular flexibility index (Phi) is 4.39. The second kappa shape index (κ2) is 5.58. The summed E-state index contributed by atoms with van der Waals surface area (Å²) in [4.78, 5) is 11.6. The van der Waals surface area contributed by atoms with Gasteiger partial charge in [-0.25, -0.2) is 4.39 Å². The fourth-order valence-electron chi connectivity index (χ4n) is 1.22. The van der Waals surface area contributed by atoms with Crippen LogP contribution in [0.2, 0.25) is 0 Å². The molecule has 82 valence electrons. The maximum atomic E-state index is 12.9. The lowest BCUT2D eigenvalue weighted by Gasteiger charge is -2.05. The normalized spacial score (nSPS) is 10.3. The van der Waals surface area contributed by atoms with Crippen molar-refractivity contribution in [2.24, 2.45) is 5.73 Å². The van der Waals surface area contributed by atoms with E-state index < -0.39 is 5.82 Å². The number of hydrogen-bond acceptors (Lipinski definition) is 3. The van der Waals surface area contributed by atoms with E-state index in [1.165, 1.54) is 12.1 Å². The van der Waals surface area contributed by atoms with E-state index in [0.29, 0.717) is 18.7 Å². The van der Waals surface area contributed by atoms with Crippen molar-refractivity contribution in [3.63, 3.8) is 0 Å². The SMILES string of the molecule is Cc1ccc(F)cc1C(=O)COCCN. The molecule has 0 radical (unpaired) electrons. The van der Waals surface area contributed by atoms with Gasteiger partial charge in [-0.3, -0.25) is 4.79 Å². The van der Waals surface area contributed by atoms with Gasteiger partial charge in [0.1, 0.15) is 12.4 Å². The molecule has 2 N–H and O–H groups in total. The molecule has 4 heteroatoms. The number of halogens is 1. The van der Waals surface area contributed by atoms with Gasteiger partial charge in [0.2, 0.25) is 0 Å². The van der Waals surface area contributed by atoms with Gasteiger partial charge in [-0.2, -0.15) is 0 Å². The van der Waals surface area contributed by atoms with Crippen molar-refractivity contribution in [3.05, 3.63) is 35.1 Å². The van der Waals surface area contributed by atoms with Gasteiger partial charge < -0.3 is 10.5 Å². The lowest BCUT2D eigenvalue weighted by molar-refractivity contribution is 0.0773. The maximum absolute atomic E-state index is 12.9. The Bertz CT molecular complexity index is 352. The maximum Gasteiger partial charge on any atom is 0.188 e. The smallest absolute Gasteiger partial charge is 0.188 e. The highest BCUT2D eigenvalue weighted by Crippen LogP contribution is 2.10. The predicted octanol–water partition coefficient (Wildman–Crippen LogP) is 1.29. The van der Waals surface area contributed by atoms with Gasteiger partial charge in [0, 0.05) is 12.1 Å². The molecule has 3 nitrogen and oxygen atoms in total. The van der Waals surface area contributed by atoms with Crippen LogP contribution >= 0.6 is 0 Å². The fraction of sp³-hybridized carbons (Fsp3) is 0.364. The van der Waals surface area contributed by atoms with Crippen molar-refractivity contribution < 1.29 is 13.9 Å². The largest absolute Gasteiger partial charge is 0.372 e. The average Bonchev–Trinajstić information content (AvgIpc) is 2.22.